The SMILES string of the molecule is COc1cc(/C=C(/C(=O)O)c2ccc(Oc3ccc(/C=C/C(=O)O)cc3)cc2)cc(OC)c1. The molecule has 3 aromatic rings. The lowest BCUT2D eigenvalue weighted by Gasteiger charge is -2.09. The fraction of sp³-hybridized carbons (Fsp3) is 0.0769. The van der Waals surface area contributed by atoms with Crippen molar-refractivity contribution in [3.63, 3.8) is 0 Å². The van der Waals surface area contributed by atoms with E-state index in [0.29, 0.717) is 34.1 Å². The average Bonchev–Trinajstić information content (AvgIpc) is 2.82. The summed E-state index contributed by atoms with van der Waals surface area (Å²) in [5.41, 5.74) is 1.96. The van der Waals surface area contributed by atoms with Gasteiger partial charge in [-0.1, -0.05) is 24.3 Å². The van der Waals surface area contributed by atoms with Crippen molar-refractivity contribution in [2.24, 2.45) is 0 Å². The van der Waals surface area contributed by atoms with E-state index in [0.717, 1.165) is 11.6 Å². The molecule has 0 aliphatic rings. The number of carbonyl (C=O) groups is 2. The molecule has 7 nitrogen and oxygen atoms in total. The third kappa shape index (κ3) is 6.48. The molecule has 0 aromatic heterocycles. The maximum Gasteiger partial charge on any atom is 0.336 e. The van der Waals surface area contributed by atoms with E-state index in [2.05, 4.69) is 0 Å². The van der Waals surface area contributed by atoms with E-state index in [4.69, 9.17) is 19.3 Å². The van der Waals surface area contributed by atoms with Crippen LogP contribution in [0.25, 0.3) is 17.7 Å². The van der Waals surface area contributed by atoms with E-state index in [1.165, 1.54) is 20.3 Å². The lowest BCUT2D eigenvalue weighted by atomic mass is 10.0. The first-order valence-corrected chi connectivity index (χ1v) is 9.85. The van der Waals surface area contributed by atoms with Crippen LogP contribution in [0.15, 0.2) is 72.8 Å². The second-order valence-corrected chi connectivity index (χ2v) is 6.88. The Hall–Kier alpha value is -4.52. The number of hydrogen-bond acceptors (Lipinski definition) is 5. The van der Waals surface area contributed by atoms with Crippen LogP contribution in [0.3, 0.4) is 0 Å². The maximum absolute atomic E-state index is 11.9. The zero-order valence-electron chi connectivity index (χ0n) is 18.0. The lowest BCUT2D eigenvalue weighted by molar-refractivity contribution is -0.131. The number of benzene rings is 3. The van der Waals surface area contributed by atoms with Crippen LogP contribution in [-0.4, -0.2) is 36.4 Å². The van der Waals surface area contributed by atoms with Crippen LogP contribution in [-0.2, 0) is 9.59 Å². The summed E-state index contributed by atoms with van der Waals surface area (Å²) >= 11 is 0. The van der Waals surface area contributed by atoms with Gasteiger partial charge in [-0.25, -0.2) is 9.59 Å². The van der Waals surface area contributed by atoms with Crippen molar-refractivity contribution < 1.29 is 34.0 Å². The molecule has 0 amide bonds. The summed E-state index contributed by atoms with van der Waals surface area (Å²) < 4.78 is 16.3. The van der Waals surface area contributed by atoms with Gasteiger partial charge in [0, 0.05) is 12.1 Å². The highest BCUT2D eigenvalue weighted by Gasteiger charge is 2.12. The first-order valence-electron chi connectivity index (χ1n) is 9.85. The summed E-state index contributed by atoms with van der Waals surface area (Å²) in [4.78, 5) is 22.5. The van der Waals surface area contributed by atoms with Crippen molar-refractivity contribution in [3.05, 3.63) is 89.5 Å². The zero-order valence-corrected chi connectivity index (χ0v) is 18.0. The Morgan fingerprint density at radius 2 is 1.27 bits per heavy atom. The molecule has 0 heterocycles. The highest BCUT2D eigenvalue weighted by molar-refractivity contribution is 6.20. The molecule has 0 aliphatic carbocycles. The molecule has 0 spiro atoms. The Bertz CT molecular complexity index is 1170. The number of hydrogen-bond donors (Lipinski definition) is 2. The molecule has 0 bridgehead atoms. The monoisotopic (exact) mass is 446 g/mol. The minimum atomic E-state index is -1.07. The van der Waals surface area contributed by atoms with Crippen LogP contribution in [0.5, 0.6) is 23.0 Å². The predicted molar refractivity (Wildman–Crippen MR) is 125 cm³/mol. The molecule has 0 radical (unpaired) electrons. The highest BCUT2D eigenvalue weighted by Crippen LogP contribution is 2.28. The van der Waals surface area contributed by atoms with Gasteiger partial charge in [-0.2, -0.15) is 0 Å². The fourth-order valence-corrected chi connectivity index (χ4v) is 3.00. The van der Waals surface area contributed by atoms with Crippen LogP contribution < -0.4 is 14.2 Å². The molecule has 3 rings (SSSR count). The Labute approximate surface area is 190 Å². The Morgan fingerprint density at radius 3 is 1.76 bits per heavy atom. The quantitative estimate of drug-likeness (QED) is 0.343. The second-order valence-electron chi connectivity index (χ2n) is 6.88. The van der Waals surface area contributed by atoms with Gasteiger partial charge in [0.15, 0.2) is 0 Å². The zero-order chi connectivity index (χ0) is 23.8. The largest absolute Gasteiger partial charge is 0.497 e. The number of aliphatic carboxylic acids is 2. The molecule has 0 aliphatic heterocycles. The summed E-state index contributed by atoms with van der Waals surface area (Å²) in [6, 6.07) is 18.7. The van der Waals surface area contributed by atoms with E-state index in [1.807, 2.05) is 0 Å². The first kappa shape index (κ1) is 23.1. The van der Waals surface area contributed by atoms with E-state index >= 15 is 0 Å². The van der Waals surface area contributed by atoms with Gasteiger partial charge in [-0.3, -0.25) is 0 Å². The van der Waals surface area contributed by atoms with Gasteiger partial charge in [0.05, 0.1) is 19.8 Å². The van der Waals surface area contributed by atoms with Crippen LogP contribution >= 0.6 is 0 Å². The first-order chi connectivity index (χ1) is 15.9. The van der Waals surface area contributed by atoms with Crippen molar-refractivity contribution >= 4 is 29.7 Å². The van der Waals surface area contributed by atoms with Gasteiger partial charge >= 0.3 is 11.9 Å². The molecule has 7 heteroatoms. The summed E-state index contributed by atoms with van der Waals surface area (Å²) in [5, 5.41) is 18.4. The van der Waals surface area contributed by atoms with Crippen molar-refractivity contribution in [1.82, 2.24) is 0 Å². The van der Waals surface area contributed by atoms with Gasteiger partial charge < -0.3 is 24.4 Å². The van der Waals surface area contributed by atoms with Crippen molar-refractivity contribution in [2.45, 2.75) is 0 Å². The summed E-state index contributed by atoms with van der Waals surface area (Å²) in [7, 11) is 3.05. The Balaban J connectivity index is 1.80. The van der Waals surface area contributed by atoms with E-state index < -0.39 is 11.9 Å². The molecule has 0 unspecified atom stereocenters. The van der Waals surface area contributed by atoms with Crippen molar-refractivity contribution in [1.29, 1.82) is 0 Å². The van der Waals surface area contributed by atoms with E-state index in [-0.39, 0.29) is 5.57 Å². The van der Waals surface area contributed by atoms with Gasteiger partial charge in [0.25, 0.3) is 0 Å². The number of methoxy groups -OCH3 is 2. The number of carboxylic acids is 2. The second kappa shape index (κ2) is 10.7. The third-order valence-electron chi connectivity index (χ3n) is 4.61. The third-order valence-corrected chi connectivity index (χ3v) is 4.61. The summed E-state index contributed by atoms with van der Waals surface area (Å²) in [6.07, 6.45) is 4.09. The summed E-state index contributed by atoms with van der Waals surface area (Å²) in [5.74, 6) is 0.108. The summed E-state index contributed by atoms with van der Waals surface area (Å²) in [6.45, 7) is 0. The molecular formula is C26H22O7. The molecule has 0 saturated heterocycles. The predicted octanol–water partition coefficient (Wildman–Crippen LogP) is 5.22. The highest BCUT2D eigenvalue weighted by atomic mass is 16.5. The lowest BCUT2D eigenvalue weighted by Crippen LogP contribution is -2.00. The average molecular weight is 446 g/mol. The molecule has 33 heavy (non-hydrogen) atoms. The van der Waals surface area contributed by atoms with Gasteiger partial charge in [0.1, 0.15) is 23.0 Å². The minimum absolute atomic E-state index is 0.103. The molecule has 0 atom stereocenters. The maximum atomic E-state index is 11.9. The van der Waals surface area contributed by atoms with E-state index in [9.17, 15) is 14.7 Å². The fourth-order valence-electron chi connectivity index (χ4n) is 3.00. The molecule has 2 N–H and O–H groups in total. The van der Waals surface area contributed by atoms with Crippen molar-refractivity contribution in [2.75, 3.05) is 14.2 Å². The number of ether oxygens (including phenoxy) is 3. The van der Waals surface area contributed by atoms with Crippen LogP contribution in [0.4, 0.5) is 0 Å². The standard InChI is InChI=1S/C26H22O7/c1-31-22-13-18(14-23(16-22)32-2)15-24(26(29)30)19-6-10-21(11-7-19)33-20-8-3-17(4-9-20)5-12-25(27)28/h3-16H,1-2H3,(H,27,28)(H,29,30)/b12-5+,24-15+. The normalized spacial score (nSPS) is 11.3. The number of carboxylic acid groups (broad SMARTS) is 2. The Kier molecular flexibility index (Phi) is 7.49. The van der Waals surface area contributed by atoms with Crippen molar-refractivity contribution in [3.8, 4) is 23.0 Å². The topological polar surface area (TPSA) is 102 Å². The van der Waals surface area contributed by atoms with Crippen LogP contribution in [0, 0.1) is 0 Å². The van der Waals surface area contributed by atoms with Crippen LogP contribution in [0.1, 0.15) is 16.7 Å². The minimum Gasteiger partial charge on any atom is -0.497 e. The van der Waals surface area contributed by atoms with Crippen LogP contribution in [0.2, 0.25) is 0 Å². The smallest absolute Gasteiger partial charge is 0.336 e. The molecule has 3 aromatic carbocycles. The molecular weight excluding hydrogens is 424 g/mol. The van der Waals surface area contributed by atoms with Gasteiger partial charge in [-0.05, 0) is 65.2 Å². The molecule has 168 valence electrons. The molecule has 0 fully saturated rings. The van der Waals surface area contributed by atoms with Gasteiger partial charge in [-0.15, -0.1) is 0 Å². The Morgan fingerprint density at radius 1 is 0.727 bits per heavy atom. The molecule has 0 saturated carbocycles. The number of rotatable bonds is 9. The van der Waals surface area contributed by atoms with E-state index in [1.54, 1.807) is 72.8 Å². The van der Waals surface area contributed by atoms with Gasteiger partial charge in [0.2, 0.25) is 0 Å².